The number of thiophene rings is 1. The summed E-state index contributed by atoms with van der Waals surface area (Å²) in [7, 11) is 0. The van der Waals surface area contributed by atoms with Crippen LogP contribution in [0.3, 0.4) is 0 Å². The molecule has 2 aromatic heterocycles. The molecule has 24 heavy (non-hydrogen) atoms. The zero-order valence-corrected chi connectivity index (χ0v) is 15.1. The normalized spacial score (nSPS) is 15.2. The summed E-state index contributed by atoms with van der Waals surface area (Å²) >= 11 is 1.61. The summed E-state index contributed by atoms with van der Waals surface area (Å²) in [4.78, 5) is 5.40. The Kier molecular flexibility index (Phi) is 5.91. The average molecular weight is 348 g/mol. The summed E-state index contributed by atoms with van der Waals surface area (Å²) in [6, 6.07) is 4.05. The first kappa shape index (κ1) is 17.0. The molecule has 0 spiro atoms. The molecule has 0 aromatic carbocycles. The lowest BCUT2D eigenvalue weighted by molar-refractivity contribution is 0.189. The van der Waals surface area contributed by atoms with Crippen LogP contribution in [0.1, 0.15) is 48.7 Å². The monoisotopic (exact) mass is 348 g/mol. The smallest absolute Gasteiger partial charge is 0.226 e. The van der Waals surface area contributed by atoms with E-state index in [2.05, 4.69) is 17.1 Å². The molecule has 0 N–H and O–H groups in total. The molecule has 0 bridgehead atoms. The van der Waals surface area contributed by atoms with Gasteiger partial charge in [-0.15, -0.1) is 0 Å². The summed E-state index contributed by atoms with van der Waals surface area (Å²) in [6.45, 7) is 5.61. The minimum Gasteiger partial charge on any atom is -0.481 e. The fourth-order valence-electron chi connectivity index (χ4n) is 2.73. The lowest BCUT2D eigenvalue weighted by Crippen LogP contribution is -2.14. The number of aryl methyl sites for hydroxylation is 2. The highest BCUT2D eigenvalue weighted by molar-refractivity contribution is 7.15. The van der Waals surface area contributed by atoms with E-state index in [1.165, 1.54) is 5.56 Å². The van der Waals surface area contributed by atoms with Crippen LogP contribution in [-0.4, -0.2) is 30.3 Å². The van der Waals surface area contributed by atoms with E-state index in [-0.39, 0.29) is 6.10 Å². The van der Waals surface area contributed by atoms with Gasteiger partial charge in [-0.2, -0.15) is 0 Å². The molecular formula is C18H24N2O3S. The Morgan fingerprint density at radius 1 is 1.33 bits per heavy atom. The standard InChI is InChI=1S/C18H24N2O3S/c1-3-15(7-5-4-6-14-12-22-20-13(14)2)23-17-9-8-16(24-17)18-19-10-11-21-18/h8-9,12,15H,3-7,10-11H2,1-2H3. The second kappa shape index (κ2) is 8.33. The third kappa shape index (κ3) is 4.38. The van der Waals surface area contributed by atoms with E-state index in [1.54, 1.807) is 17.6 Å². The van der Waals surface area contributed by atoms with Gasteiger partial charge >= 0.3 is 0 Å². The van der Waals surface area contributed by atoms with Crippen molar-refractivity contribution < 1.29 is 14.0 Å². The van der Waals surface area contributed by atoms with Crippen molar-refractivity contribution in [3.05, 3.63) is 34.5 Å². The van der Waals surface area contributed by atoms with Crippen LogP contribution < -0.4 is 4.74 Å². The lowest BCUT2D eigenvalue weighted by Gasteiger charge is -2.16. The van der Waals surface area contributed by atoms with Gasteiger partial charge in [0, 0.05) is 5.56 Å². The molecule has 0 saturated heterocycles. The van der Waals surface area contributed by atoms with Gasteiger partial charge in [0.2, 0.25) is 5.90 Å². The Balaban J connectivity index is 1.43. The van der Waals surface area contributed by atoms with E-state index in [9.17, 15) is 0 Å². The molecule has 0 saturated carbocycles. The molecule has 0 amide bonds. The van der Waals surface area contributed by atoms with Crippen LogP contribution >= 0.6 is 11.3 Å². The molecule has 3 heterocycles. The van der Waals surface area contributed by atoms with Crippen molar-refractivity contribution in [2.24, 2.45) is 4.99 Å². The molecule has 0 aliphatic carbocycles. The Bertz CT molecular complexity index is 677. The molecule has 0 fully saturated rings. The highest BCUT2D eigenvalue weighted by Crippen LogP contribution is 2.28. The predicted molar refractivity (Wildman–Crippen MR) is 95.2 cm³/mol. The molecule has 5 nitrogen and oxygen atoms in total. The summed E-state index contributed by atoms with van der Waals surface area (Å²) in [5.74, 6) is 0.756. The van der Waals surface area contributed by atoms with Crippen LogP contribution in [0.25, 0.3) is 0 Å². The Labute approximate surface area is 146 Å². The third-order valence-corrected chi connectivity index (χ3v) is 5.15. The number of nitrogens with zero attached hydrogens (tertiary/aromatic N) is 2. The van der Waals surface area contributed by atoms with Gasteiger partial charge in [-0.05, 0) is 51.2 Å². The van der Waals surface area contributed by atoms with Gasteiger partial charge in [-0.25, -0.2) is 4.99 Å². The quantitative estimate of drug-likeness (QED) is 0.631. The summed E-state index contributed by atoms with van der Waals surface area (Å²) < 4.78 is 16.6. The molecule has 1 aliphatic heterocycles. The van der Waals surface area contributed by atoms with Crippen molar-refractivity contribution >= 4 is 17.2 Å². The number of hydrogen-bond donors (Lipinski definition) is 0. The van der Waals surface area contributed by atoms with E-state index in [0.29, 0.717) is 6.61 Å². The predicted octanol–water partition coefficient (Wildman–Crippen LogP) is 4.39. The topological polar surface area (TPSA) is 56.9 Å². The van der Waals surface area contributed by atoms with Crippen LogP contribution in [-0.2, 0) is 11.2 Å². The van der Waals surface area contributed by atoms with Gasteiger partial charge in [0.15, 0.2) is 5.06 Å². The second-order valence-electron chi connectivity index (χ2n) is 5.97. The number of unbranched alkanes of at least 4 members (excludes halogenated alkanes) is 1. The van der Waals surface area contributed by atoms with Crippen LogP contribution in [0.5, 0.6) is 5.06 Å². The third-order valence-electron chi connectivity index (χ3n) is 4.19. The van der Waals surface area contributed by atoms with Crippen LogP contribution in [0.15, 0.2) is 27.9 Å². The van der Waals surface area contributed by atoms with Gasteiger partial charge < -0.3 is 14.0 Å². The number of aliphatic imine (C=N–C) groups is 1. The zero-order chi connectivity index (χ0) is 16.8. The van der Waals surface area contributed by atoms with Gasteiger partial charge in [0.05, 0.1) is 23.2 Å². The highest BCUT2D eigenvalue weighted by Gasteiger charge is 2.15. The van der Waals surface area contributed by atoms with Crippen molar-refractivity contribution in [1.29, 1.82) is 0 Å². The number of aromatic nitrogens is 1. The Morgan fingerprint density at radius 2 is 2.25 bits per heavy atom. The van der Waals surface area contributed by atoms with E-state index >= 15 is 0 Å². The van der Waals surface area contributed by atoms with E-state index < -0.39 is 0 Å². The molecule has 1 unspecified atom stereocenters. The van der Waals surface area contributed by atoms with Crippen molar-refractivity contribution in [3.8, 4) is 5.06 Å². The van der Waals surface area contributed by atoms with Crippen molar-refractivity contribution in [3.63, 3.8) is 0 Å². The first-order valence-electron chi connectivity index (χ1n) is 8.60. The summed E-state index contributed by atoms with van der Waals surface area (Å²) in [6.07, 6.45) is 7.37. The largest absolute Gasteiger partial charge is 0.481 e. The number of hydrogen-bond acceptors (Lipinski definition) is 6. The van der Waals surface area contributed by atoms with Crippen molar-refractivity contribution in [2.45, 2.75) is 52.1 Å². The minimum absolute atomic E-state index is 0.256. The molecule has 2 aromatic rings. The van der Waals surface area contributed by atoms with Crippen LogP contribution in [0.2, 0.25) is 0 Å². The molecule has 3 rings (SSSR count). The van der Waals surface area contributed by atoms with Gasteiger partial charge in [-0.3, -0.25) is 0 Å². The van der Waals surface area contributed by atoms with Crippen LogP contribution in [0.4, 0.5) is 0 Å². The minimum atomic E-state index is 0.256. The molecule has 130 valence electrons. The molecule has 6 heteroatoms. The molecular weight excluding hydrogens is 324 g/mol. The number of ether oxygens (including phenoxy) is 2. The van der Waals surface area contributed by atoms with Crippen molar-refractivity contribution in [2.75, 3.05) is 13.2 Å². The van der Waals surface area contributed by atoms with Crippen LogP contribution in [0, 0.1) is 6.92 Å². The second-order valence-corrected chi connectivity index (χ2v) is 7.02. The maximum Gasteiger partial charge on any atom is 0.226 e. The van der Waals surface area contributed by atoms with E-state index in [1.807, 2.05) is 19.1 Å². The summed E-state index contributed by atoms with van der Waals surface area (Å²) in [5, 5.41) is 4.87. The molecule has 0 radical (unpaired) electrons. The highest BCUT2D eigenvalue weighted by atomic mass is 32.1. The maximum atomic E-state index is 6.14. The van der Waals surface area contributed by atoms with Crippen molar-refractivity contribution in [1.82, 2.24) is 5.16 Å². The van der Waals surface area contributed by atoms with E-state index in [4.69, 9.17) is 14.0 Å². The van der Waals surface area contributed by atoms with Gasteiger partial charge in [-0.1, -0.05) is 23.4 Å². The maximum absolute atomic E-state index is 6.14. The number of rotatable bonds is 9. The molecule has 1 atom stereocenters. The molecule has 1 aliphatic rings. The van der Waals surface area contributed by atoms with E-state index in [0.717, 1.165) is 60.2 Å². The lowest BCUT2D eigenvalue weighted by atomic mass is 10.1. The van der Waals surface area contributed by atoms with Gasteiger partial charge in [0.25, 0.3) is 0 Å². The zero-order valence-electron chi connectivity index (χ0n) is 14.3. The summed E-state index contributed by atoms with van der Waals surface area (Å²) in [5.41, 5.74) is 2.21. The first-order valence-corrected chi connectivity index (χ1v) is 9.42. The first-order chi connectivity index (χ1) is 11.8. The fraction of sp³-hybridized carbons (Fsp3) is 0.556. The SMILES string of the molecule is CCC(CCCCc1conc1C)Oc1ccc(C2=NCCO2)s1. The average Bonchev–Trinajstić information content (AvgIpc) is 3.32. The Hall–Kier alpha value is -1.82. The fourth-order valence-corrected chi connectivity index (χ4v) is 3.62. The van der Waals surface area contributed by atoms with Gasteiger partial charge in [0.1, 0.15) is 12.9 Å². The Morgan fingerprint density at radius 3 is 2.96 bits per heavy atom.